The molecule has 0 bridgehead atoms. The van der Waals surface area contributed by atoms with Crippen LogP contribution in [0.25, 0.3) is 5.57 Å². The van der Waals surface area contributed by atoms with E-state index in [-0.39, 0.29) is 6.67 Å². The molecule has 2 aliphatic rings. The zero-order chi connectivity index (χ0) is 22.5. The molecule has 1 saturated heterocycles. The summed E-state index contributed by atoms with van der Waals surface area (Å²) in [7, 11) is 1.34. The highest BCUT2D eigenvalue weighted by Gasteiger charge is 2.26. The Kier molecular flexibility index (Phi) is 7.02. The number of alkyl halides is 1. The van der Waals surface area contributed by atoms with E-state index in [4.69, 9.17) is 4.74 Å². The summed E-state index contributed by atoms with van der Waals surface area (Å²) < 4.78 is 17.2. The van der Waals surface area contributed by atoms with Crippen LogP contribution < -0.4 is 0 Å². The van der Waals surface area contributed by atoms with Crippen molar-refractivity contribution < 1.29 is 13.9 Å². The first-order valence-electron chi connectivity index (χ1n) is 11.4. The molecule has 2 aromatic rings. The number of carbonyl (C=O) groups is 1. The lowest BCUT2D eigenvalue weighted by atomic mass is 9.87. The molecule has 1 aliphatic heterocycles. The molecule has 1 fully saturated rings. The SMILES string of the molecule is COC(=O)c1ccc2c(c1C#N)CCCC=C2c1ccc(CC2CN(CCCF)C2)cc1. The van der Waals surface area contributed by atoms with Crippen LogP contribution in [0.4, 0.5) is 4.39 Å². The molecule has 0 amide bonds. The van der Waals surface area contributed by atoms with Gasteiger partial charge in [-0.3, -0.25) is 4.39 Å². The van der Waals surface area contributed by atoms with Crippen molar-refractivity contribution in [3.63, 3.8) is 0 Å². The summed E-state index contributed by atoms with van der Waals surface area (Å²) in [6.45, 7) is 2.74. The molecule has 5 heteroatoms. The summed E-state index contributed by atoms with van der Waals surface area (Å²) in [5.41, 5.74) is 6.31. The van der Waals surface area contributed by atoms with Crippen LogP contribution in [-0.4, -0.2) is 44.3 Å². The number of rotatable bonds is 7. The largest absolute Gasteiger partial charge is 0.465 e. The second kappa shape index (κ2) is 10.1. The second-order valence-corrected chi connectivity index (χ2v) is 8.70. The van der Waals surface area contributed by atoms with Crippen LogP contribution in [0.15, 0.2) is 42.5 Å². The van der Waals surface area contributed by atoms with Crippen molar-refractivity contribution in [2.24, 2.45) is 5.92 Å². The minimum Gasteiger partial charge on any atom is -0.465 e. The zero-order valence-corrected chi connectivity index (χ0v) is 18.6. The van der Waals surface area contributed by atoms with Gasteiger partial charge in [0.15, 0.2) is 0 Å². The number of hydrogen-bond acceptors (Lipinski definition) is 4. The Morgan fingerprint density at radius 3 is 2.69 bits per heavy atom. The molecule has 32 heavy (non-hydrogen) atoms. The normalized spacial score (nSPS) is 16.3. The third-order valence-electron chi connectivity index (χ3n) is 6.53. The van der Waals surface area contributed by atoms with Crippen molar-refractivity contribution in [1.29, 1.82) is 5.26 Å². The number of likely N-dealkylation sites (tertiary alicyclic amines) is 1. The van der Waals surface area contributed by atoms with Crippen LogP contribution in [0.3, 0.4) is 0 Å². The third-order valence-corrected chi connectivity index (χ3v) is 6.53. The topological polar surface area (TPSA) is 53.3 Å². The maximum atomic E-state index is 12.3. The van der Waals surface area contributed by atoms with Gasteiger partial charge in [0.1, 0.15) is 6.07 Å². The number of benzene rings is 2. The Labute approximate surface area is 189 Å². The van der Waals surface area contributed by atoms with Crippen molar-refractivity contribution in [3.05, 3.63) is 75.9 Å². The summed E-state index contributed by atoms with van der Waals surface area (Å²) in [4.78, 5) is 14.5. The van der Waals surface area contributed by atoms with Gasteiger partial charge in [0.2, 0.25) is 0 Å². The van der Waals surface area contributed by atoms with E-state index < -0.39 is 5.97 Å². The van der Waals surface area contributed by atoms with E-state index in [0.717, 1.165) is 67.6 Å². The van der Waals surface area contributed by atoms with Crippen LogP contribution in [-0.2, 0) is 17.6 Å². The lowest BCUT2D eigenvalue weighted by Gasteiger charge is -2.39. The van der Waals surface area contributed by atoms with Gasteiger partial charge in [-0.1, -0.05) is 36.4 Å². The van der Waals surface area contributed by atoms with E-state index in [2.05, 4.69) is 41.3 Å². The van der Waals surface area contributed by atoms with Crippen molar-refractivity contribution >= 4 is 11.5 Å². The molecule has 0 spiro atoms. The minimum absolute atomic E-state index is 0.235. The Morgan fingerprint density at radius 1 is 1.22 bits per heavy atom. The molecule has 1 heterocycles. The third kappa shape index (κ3) is 4.61. The average molecular weight is 433 g/mol. The molecule has 0 radical (unpaired) electrons. The number of carbonyl (C=O) groups excluding carboxylic acids is 1. The number of ether oxygens (including phenoxy) is 1. The fourth-order valence-electron chi connectivity index (χ4n) is 4.90. The second-order valence-electron chi connectivity index (χ2n) is 8.70. The number of methoxy groups -OCH3 is 1. The highest BCUT2D eigenvalue weighted by atomic mass is 19.1. The molecule has 4 rings (SSSR count). The van der Waals surface area contributed by atoms with Gasteiger partial charge in [-0.15, -0.1) is 0 Å². The van der Waals surface area contributed by atoms with Crippen molar-refractivity contribution in [3.8, 4) is 6.07 Å². The smallest absolute Gasteiger partial charge is 0.339 e. The Bertz CT molecular complexity index is 1050. The van der Waals surface area contributed by atoms with Crippen LogP contribution in [0.5, 0.6) is 0 Å². The van der Waals surface area contributed by atoms with E-state index in [0.29, 0.717) is 23.5 Å². The molecule has 0 atom stereocenters. The number of esters is 1. The molecule has 1 aliphatic carbocycles. The maximum absolute atomic E-state index is 12.3. The molecule has 0 aromatic heterocycles. The molecular weight excluding hydrogens is 403 g/mol. The number of allylic oxidation sites excluding steroid dienone is 1. The van der Waals surface area contributed by atoms with Gasteiger partial charge in [-0.25, -0.2) is 4.79 Å². The van der Waals surface area contributed by atoms with E-state index >= 15 is 0 Å². The van der Waals surface area contributed by atoms with Gasteiger partial charge in [0, 0.05) is 19.6 Å². The van der Waals surface area contributed by atoms with Crippen molar-refractivity contribution in [2.45, 2.75) is 32.1 Å². The molecule has 0 N–H and O–H groups in total. The van der Waals surface area contributed by atoms with E-state index in [1.54, 1.807) is 6.07 Å². The summed E-state index contributed by atoms with van der Waals surface area (Å²) in [5.74, 6) is 0.177. The number of hydrogen-bond donors (Lipinski definition) is 0. The first-order chi connectivity index (χ1) is 15.6. The van der Waals surface area contributed by atoms with Crippen LogP contribution in [0, 0.1) is 17.2 Å². The maximum Gasteiger partial charge on any atom is 0.339 e. The van der Waals surface area contributed by atoms with Crippen molar-refractivity contribution in [2.75, 3.05) is 33.4 Å². The number of fused-ring (bicyclic) bond motifs is 1. The standard InChI is InChI=1S/C27H29FN2O2/c1-32-27(31)25-12-11-24-22(5-2-3-6-23(24)26(25)16-29)21-9-7-19(8-10-21)15-20-17-30(18-20)14-4-13-28/h5,7-12,20H,2-4,6,13-15,17-18H2,1H3. The van der Waals surface area contributed by atoms with Crippen LogP contribution in [0.2, 0.25) is 0 Å². The first-order valence-corrected chi connectivity index (χ1v) is 11.4. The fraction of sp³-hybridized carbons (Fsp3) is 0.407. The van der Waals surface area contributed by atoms with E-state index in [1.807, 2.05) is 6.07 Å². The zero-order valence-electron chi connectivity index (χ0n) is 18.6. The molecule has 0 saturated carbocycles. The molecule has 166 valence electrons. The predicted octanol–water partition coefficient (Wildman–Crippen LogP) is 4.95. The molecule has 0 unspecified atom stereocenters. The van der Waals surface area contributed by atoms with Gasteiger partial charge in [0.25, 0.3) is 0 Å². The van der Waals surface area contributed by atoms with Crippen molar-refractivity contribution in [1.82, 2.24) is 4.90 Å². The first kappa shape index (κ1) is 22.2. The highest BCUT2D eigenvalue weighted by Crippen LogP contribution is 2.34. The average Bonchev–Trinajstić information content (AvgIpc) is 3.02. The molecule has 4 nitrogen and oxygen atoms in total. The van der Waals surface area contributed by atoms with Gasteiger partial charge in [0.05, 0.1) is 24.9 Å². The lowest BCUT2D eigenvalue weighted by Crippen LogP contribution is -2.47. The van der Waals surface area contributed by atoms with Crippen LogP contribution in [0.1, 0.15) is 57.4 Å². The molecule has 2 aromatic carbocycles. The highest BCUT2D eigenvalue weighted by molar-refractivity contribution is 5.94. The fourth-order valence-corrected chi connectivity index (χ4v) is 4.90. The molecular formula is C27H29FN2O2. The summed E-state index contributed by atoms with van der Waals surface area (Å²) in [6.07, 6.45) is 6.56. The summed E-state index contributed by atoms with van der Waals surface area (Å²) in [6, 6.07) is 14.6. The van der Waals surface area contributed by atoms with Gasteiger partial charge < -0.3 is 9.64 Å². The van der Waals surface area contributed by atoms with E-state index in [1.165, 1.54) is 12.7 Å². The lowest BCUT2D eigenvalue weighted by molar-refractivity contribution is 0.0600. The van der Waals surface area contributed by atoms with Crippen LogP contribution >= 0.6 is 0 Å². The van der Waals surface area contributed by atoms with Gasteiger partial charge >= 0.3 is 5.97 Å². The Balaban J connectivity index is 1.53. The number of nitriles is 1. The Hall–Kier alpha value is -2.97. The number of nitrogens with zero attached hydrogens (tertiary/aromatic N) is 2. The summed E-state index contributed by atoms with van der Waals surface area (Å²) in [5, 5.41) is 9.78. The predicted molar refractivity (Wildman–Crippen MR) is 123 cm³/mol. The van der Waals surface area contributed by atoms with Gasteiger partial charge in [-0.05, 0) is 71.9 Å². The monoisotopic (exact) mass is 432 g/mol. The summed E-state index contributed by atoms with van der Waals surface area (Å²) >= 11 is 0. The Morgan fingerprint density at radius 2 is 2.00 bits per heavy atom. The van der Waals surface area contributed by atoms with E-state index in [9.17, 15) is 14.4 Å². The van der Waals surface area contributed by atoms with Gasteiger partial charge in [-0.2, -0.15) is 5.26 Å². The minimum atomic E-state index is -0.470. The number of halogens is 1. The quantitative estimate of drug-likeness (QED) is 0.581.